The lowest BCUT2D eigenvalue weighted by atomic mass is 10.0. The van der Waals surface area contributed by atoms with Crippen molar-refractivity contribution in [2.45, 2.75) is 0 Å². The average molecular weight is 479 g/mol. The van der Waals surface area contributed by atoms with Crippen LogP contribution in [0.1, 0.15) is 11.1 Å². The van der Waals surface area contributed by atoms with E-state index in [1.807, 2.05) is 18.2 Å². The van der Waals surface area contributed by atoms with Crippen LogP contribution < -0.4 is 14.2 Å². The second-order valence-corrected chi connectivity index (χ2v) is 6.92. The number of benzene rings is 2. The van der Waals surface area contributed by atoms with Crippen molar-refractivity contribution in [2.75, 3.05) is 20.8 Å². The summed E-state index contributed by atoms with van der Waals surface area (Å²) in [5, 5.41) is 9.67. The van der Waals surface area contributed by atoms with Gasteiger partial charge in [0.05, 0.1) is 30.3 Å². The first-order chi connectivity index (χ1) is 12.5. The van der Waals surface area contributed by atoms with Crippen LogP contribution in [0.3, 0.4) is 0 Å². The minimum absolute atomic E-state index is 0.360. The molecule has 0 amide bonds. The predicted octanol–water partition coefficient (Wildman–Crippen LogP) is 5.86. The van der Waals surface area contributed by atoms with E-state index < -0.39 is 0 Å². The molecule has 0 aromatic heterocycles. The SMILES string of the molecule is C=CCOc1c(Br)cc(Br)cc1/C=C(\C#N)c1ccc(OC)c(OC)c1. The summed E-state index contributed by atoms with van der Waals surface area (Å²) >= 11 is 6.97. The molecule has 0 atom stereocenters. The molecule has 26 heavy (non-hydrogen) atoms. The lowest BCUT2D eigenvalue weighted by Gasteiger charge is -2.12. The Kier molecular flexibility index (Phi) is 7.31. The van der Waals surface area contributed by atoms with E-state index in [2.05, 4.69) is 44.5 Å². The maximum absolute atomic E-state index is 9.67. The van der Waals surface area contributed by atoms with Crippen molar-refractivity contribution in [1.82, 2.24) is 0 Å². The number of ether oxygens (including phenoxy) is 3. The van der Waals surface area contributed by atoms with E-state index in [0.29, 0.717) is 29.4 Å². The highest BCUT2D eigenvalue weighted by atomic mass is 79.9. The van der Waals surface area contributed by atoms with Crippen molar-refractivity contribution in [2.24, 2.45) is 0 Å². The second-order valence-electron chi connectivity index (χ2n) is 5.15. The summed E-state index contributed by atoms with van der Waals surface area (Å²) in [6, 6.07) is 11.4. The summed E-state index contributed by atoms with van der Waals surface area (Å²) in [4.78, 5) is 0. The third-order valence-electron chi connectivity index (χ3n) is 3.50. The molecule has 0 heterocycles. The number of methoxy groups -OCH3 is 2. The molecule has 0 aliphatic carbocycles. The number of nitriles is 1. The van der Waals surface area contributed by atoms with Crippen LogP contribution in [0.2, 0.25) is 0 Å². The van der Waals surface area contributed by atoms with Gasteiger partial charge in [-0.05, 0) is 57.9 Å². The maximum atomic E-state index is 9.67. The highest BCUT2D eigenvalue weighted by Crippen LogP contribution is 2.36. The van der Waals surface area contributed by atoms with Crippen LogP contribution in [0, 0.1) is 11.3 Å². The van der Waals surface area contributed by atoms with Crippen molar-refractivity contribution in [3.63, 3.8) is 0 Å². The molecule has 0 saturated heterocycles. The fourth-order valence-corrected chi connectivity index (χ4v) is 3.69. The Morgan fingerprint density at radius 1 is 1.15 bits per heavy atom. The molecule has 0 fully saturated rings. The number of allylic oxidation sites excluding steroid dienone is 1. The quantitative estimate of drug-likeness (QED) is 0.284. The fraction of sp³-hybridized carbons (Fsp3) is 0.150. The number of nitrogens with zero attached hydrogens (tertiary/aromatic N) is 1. The van der Waals surface area contributed by atoms with Crippen molar-refractivity contribution < 1.29 is 14.2 Å². The topological polar surface area (TPSA) is 51.5 Å². The monoisotopic (exact) mass is 477 g/mol. The molecule has 0 spiro atoms. The Morgan fingerprint density at radius 3 is 2.50 bits per heavy atom. The van der Waals surface area contributed by atoms with Gasteiger partial charge < -0.3 is 14.2 Å². The molecule has 134 valence electrons. The van der Waals surface area contributed by atoms with Crippen molar-refractivity contribution >= 4 is 43.5 Å². The maximum Gasteiger partial charge on any atom is 0.161 e. The number of halogens is 2. The predicted molar refractivity (Wildman–Crippen MR) is 111 cm³/mol. The van der Waals surface area contributed by atoms with E-state index in [0.717, 1.165) is 20.1 Å². The molecule has 0 unspecified atom stereocenters. The molecule has 4 nitrogen and oxygen atoms in total. The highest BCUT2D eigenvalue weighted by Gasteiger charge is 2.12. The van der Waals surface area contributed by atoms with E-state index >= 15 is 0 Å². The van der Waals surface area contributed by atoms with Gasteiger partial charge in [0.1, 0.15) is 12.4 Å². The molecule has 0 N–H and O–H groups in total. The van der Waals surface area contributed by atoms with E-state index in [9.17, 15) is 5.26 Å². The lowest BCUT2D eigenvalue weighted by molar-refractivity contribution is 0.355. The standard InChI is InChI=1S/C20H17Br2NO3/c1-4-7-26-20-14(9-16(21)11-17(20)22)8-15(12-23)13-5-6-18(24-2)19(10-13)25-3/h4-6,8-11H,1,7H2,2-3H3/b15-8+. The van der Waals surface area contributed by atoms with Crippen molar-refractivity contribution in [3.8, 4) is 23.3 Å². The number of hydrogen-bond acceptors (Lipinski definition) is 4. The molecule has 0 bridgehead atoms. The largest absolute Gasteiger partial charge is 0.493 e. The van der Waals surface area contributed by atoms with Gasteiger partial charge in [0, 0.05) is 10.0 Å². The molecule has 2 aromatic carbocycles. The van der Waals surface area contributed by atoms with Gasteiger partial charge in [0.2, 0.25) is 0 Å². The first-order valence-electron chi connectivity index (χ1n) is 7.61. The van der Waals surface area contributed by atoms with Gasteiger partial charge in [-0.1, -0.05) is 28.6 Å². The van der Waals surface area contributed by atoms with Crippen LogP contribution in [-0.2, 0) is 0 Å². The van der Waals surface area contributed by atoms with Gasteiger partial charge in [-0.25, -0.2) is 0 Å². The summed E-state index contributed by atoms with van der Waals surface area (Å²) in [5.74, 6) is 1.81. The highest BCUT2D eigenvalue weighted by molar-refractivity contribution is 9.11. The lowest BCUT2D eigenvalue weighted by Crippen LogP contribution is -1.97. The molecule has 2 rings (SSSR count). The first kappa shape index (κ1) is 20.1. The van der Waals surface area contributed by atoms with Crippen molar-refractivity contribution in [1.29, 1.82) is 5.26 Å². The van der Waals surface area contributed by atoms with Crippen LogP contribution in [0.15, 0.2) is 51.9 Å². The summed E-state index contributed by atoms with van der Waals surface area (Å²) in [5.41, 5.74) is 1.95. The zero-order chi connectivity index (χ0) is 19.1. The zero-order valence-corrected chi connectivity index (χ0v) is 17.6. The van der Waals surface area contributed by atoms with Crippen LogP contribution in [0.25, 0.3) is 11.6 Å². The average Bonchev–Trinajstić information content (AvgIpc) is 2.64. The summed E-state index contributed by atoms with van der Waals surface area (Å²) in [6.45, 7) is 4.03. The van der Waals surface area contributed by atoms with Crippen LogP contribution in [-0.4, -0.2) is 20.8 Å². The smallest absolute Gasteiger partial charge is 0.161 e. The molecule has 0 radical (unpaired) electrons. The molecule has 6 heteroatoms. The molecule has 0 aliphatic rings. The van der Waals surface area contributed by atoms with Gasteiger partial charge in [-0.3, -0.25) is 0 Å². The first-order valence-corrected chi connectivity index (χ1v) is 9.19. The molecule has 2 aromatic rings. The van der Waals surface area contributed by atoms with E-state index in [4.69, 9.17) is 14.2 Å². The van der Waals surface area contributed by atoms with Crippen LogP contribution >= 0.6 is 31.9 Å². The van der Waals surface area contributed by atoms with Gasteiger partial charge in [0.15, 0.2) is 11.5 Å². The van der Waals surface area contributed by atoms with Gasteiger partial charge >= 0.3 is 0 Å². The Morgan fingerprint density at radius 2 is 1.88 bits per heavy atom. The molecule has 0 saturated carbocycles. The third-order valence-corrected chi connectivity index (χ3v) is 4.54. The van der Waals surface area contributed by atoms with Gasteiger partial charge in [-0.15, -0.1) is 0 Å². The third kappa shape index (κ3) is 4.69. The van der Waals surface area contributed by atoms with Gasteiger partial charge in [-0.2, -0.15) is 5.26 Å². The summed E-state index contributed by atoms with van der Waals surface area (Å²) in [6.07, 6.45) is 3.44. The Labute approximate surface area is 169 Å². The van der Waals surface area contributed by atoms with Crippen molar-refractivity contribution in [3.05, 3.63) is 63.1 Å². The van der Waals surface area contributed by atoms with E-state index in [-0.39, 0.29) is 0 Å². The molecular formula is C20H17Br2NO3. The Hall–Kier alpha value is -2.23. The Balaban J connectivity index is 2.56. The molecule has 0 aliphatic heterocycles. The second kappa shape index (κ2) is 9.46. The minimum Gasteiger partial charge on any atom is -0.493 e. The van der Waals surface area contributed by atoms with Crippen LogP contribution in [0.5, 0.6) is 17.2 Å². The zero-order valence-electron chi connectivity index (χ0n) is 14.4. The Bertz CT molecular complexity index is 885. The van der Waals surface area contributed by atoms with E-state index in [1.165, 1.54) is 0 Å². The minimum atomic E-state index is 0.360. The van der Waals surface area contributed by atoms with Gasteiger partial charge in [0.25, 0.3) is 0 Å². The fourth-order valence-electron chi connectivity index (χ4n) is 2.32. The summed E-state index contributed by atoms with van der Waals surface area (Å²) < 4.78 is 18.0. The number of hydrogen-bond donors (Lipinski definition) is 0. The van der Waals surface area contributed by atoms with Crippen LogP contribution in [0.4, 0.5) is 0 Å². The molecular weight excluding hydrogens is 462 g/mol. The van der Waals surface area contributed by atoms with E-state index in [1.54, 1.807) is 38.5 Å². The normalized spacial score (nSPS) is 10.8. The summed E-state index contributed by atoms with van der Waals surface area (Å²) in [7, 11) is 3.13. The number of rotatable bonds is 7.